The molecule has 0 amide bonds. The van der Waals surface area contributed by atoms with Crippen LogP contribution in [0.3, 0.4) is 0 Å². The molecule has 3 nitrogen and oxygen atoms in total. The van der Waals surface area contributed by atoms with Gasteiger partial charge in [-0.3, -0.25) is 4.79 Å². The molecule has 0 unspecified atom stereocenters. The summed E-state index contributed by atoms with van der Waals surface area (Å²) in [5.74, 6) is 0.326. The Morgan fingerprint density at radius 2 is 1.83 bits per heavy atom. The third kappa shape index (κ3) is 3.82. The van der Waals surface area contributed by atoms with E-state index < -0.39 is 0 Å². The Morgan fingerprint density at radius 1 is 1.11 bits per heavy atom. The van der Waals surface area contributed by atoms with E-state index in [1.807, 2.05) is 36.4 Å². The van der Waals surface area contributed by atoms with Crippen molar-refractivity contribution in [3.8, 4) is 5.75 Å². The van der Waals surface area contributed by atoms with Gasteiger partial charge >= 0.3 is 35.5 Å². The van der Waals surface area contributed by atoms with Gasteiger partial charge in [0.25, 0.3) is 0 Å². The zero-order valence-corrected chi connectivity index (χ0v) is 9.68. The summed E-state index contributed by atoms with van der Waals surface area (Å²) >= 11 is 0. The van der Waals surface area contributed by atoms with Crippen molar-refractivity contribution in [2.45, 2.75) is 6.42 Å². The minimum atomic E-state index is -0.275. The number of rotatable bonds is 4. The zero-order chi connectivity index (χ0) is 12.1. The maximum atomic E-state index is 11.5. The number of methoxy groups -OCH3 is 1. The van der Waals surface area contributed by atoms with Gasteiger partial charge in [-0.15, -0.1) is 0 Å². The van der Waals surface area contributed by atoms with Crippen LogP contribution < -0.4 is 4.74 Å². The van der Waals surface area contributed by atoms with Crippen LogP contribution in [0, 0.1) is 0 Å². The predicted molar refractivity (Wildman–Crippen MR) is 73.2 cm³/mol. The van der Waals surface area contributed by atoms with Gasteiger partial charge < -0.3 is 9.47 Å². The van der Waals surface area contributed by atoms with E-state index in [0.717, 1.165) is 10.8 Å². The third-order valence-electron chi connectivity index (χ3n) is 2.48. The molecular weight excluding hydrogens is 239 g/mol. The van der Waals surface area contributed by atoms with Gasteiger partial charge in [0.2, 0.25) is 0 Å². The summed E-state index contributed by atoms with van der Waals surface area (Å²) in [7, 11) is 1.56. The molecule has 0 aliphatic rings. The second kappa shape index (κ2) is 7.54. The summed E-state index contributed by atoms with van der Waals surface area (Å²) in [4.78, 5) is 11.5. The molecule has 0 bridgehead atoms. The maximum absolute atomic E-state index is 11.5. The van der Waals surface area contributed by atoms with Crippen LogP contribution >= 0.6 is 0 Å². The molecule has 4 heteroatoms. The summed E-state index contributed by atoms with van der Waals surface area (Å²) < 4.78 is 10.1. The van der Waals surface area contributed by atoms with Gasteiger partial charge in [-0.1, -0.05) is 36.4 Å². The number of hydrogen-bond donors (Lipinski definition) is 0. The molecule has 0 heterocycles. The van der Waals surface area contributed by atoms with Crippen LogP contribution in [-0.2, 0) is 9.53 Å². The topological polar surface area (TPSA) is 35.5 Å². The van der Waals surface area contributed by atoms with E-state index in [2.05, 4.69) is 0 Å². The normalized spacial score (nSPS) is 9.83. The van der Waals surface area contributed by atoms with Gasteiger partial charge in [-0.25, -0.2) is 0 Å². The molecule has 0 aliphatic carbocycles. The van der Waals surface area contributed by atoms with Crippen LogP contribution in [0.15, 0.2) is 42.5 Å². The van der Waals surface area contributed by atoms with Crippen LogP contribution in [-0.4, -0.2) is 49.2 Å². The van der Waals surface area contributed by atoms with Gasteiger partial charge in [-0.05, 0) is 11.5 Å². The molecule has 18 heavy (non-hydrogen) atoms. The van der Waals surface area contributed by atoms with Crippen molar-refractivity contribution in [1.29, 1.82) is 0 Å². The molecule has 0 aromatic heterocycles. The minimum absolute atomic E-state index is 0. The summed E-state index contributed by atoms with van der Waals surface area (Å²) in [6.45, 7) is 0.379. The molecule has 2 aromatic rings. The Morgan fingerprint density at radius 3 is 2.61 bits per heavy atom. The molecule has 0 aliphatic heterocycles. The Kier molecular flexibility index (Phi) is 6.36. The molecule has 2 rings (SSSR count). The van der Waals surface area contributed by atoms with Crippen molar-refractivity contribution in [2.75, 3.05) is 13.7 Å². The second-order valence-electron chi connectivity index (χ2n) is 3.69. The Labute approximate surface area is 128 Å². The van der Waals surface area contributed by atoms with Crippen molar-refractivity contribution in [2.24, 2.45) is 0 Å². The summed E-state index contributed by atoms with van der Waals surface area (Å²) in [5.41, 5.74) is 0. The van der Waals surface area contributed by atoms with Crippen LogP contribution in [0.2, 0.25) is 0 Å². The quantitative estimate of drug-likeness (QED) is 0.476. The van der Waals surface area contributed by atoms with E-state index in [9.17, 15) is 4.79 Å². The number of benzene rings is 2. The first kappa shape index (κ1) is 15.2. The number of esters is 1. The number of hydrogen-bond acceptors (Lipinski definition) is 3. The van der Waals surface area contributed by atoms with Gasteiger partial charge in [0.1, 0.15) is 5.75 Å². The SMILES string of the molecule is COCCC(=O)Oc1cccc2ccccc12.[NaH]. The van der Waals surface area contributed by atoms with Gasteiger partial charge in [0.15, 0.2) is 0 Å². The number of carbonyl (C=O) groups is 1. The molecule has 0 atom stereocenters. The predicted octanol–water partition coefficient (Wildman–Crippen LogP) is 2.13. The molecule has 0 saturated carbocycles. The second-order valence-corrected chi connectivity index (χ2v) is 3.69. The number of ether oxygens (including phenoxy) is 2. The summed E-state index contributed by atoms with van der Waals surface area (Å²) in [6.07, 6.45) is 0.264. The standard InChI is InChI=1S/C14H14O3.Na.H/c1-16-10-9-14(15)17-13-8-4-6-11-5-2-3-7-12(11)13;;/h2-8H,9-10H2,1H3;;. The molecule has 2 aromatic carbocycles. The van der Waals surface area contributed by atoms with Gasteiger partial charge in [0, 0.05) is 12.5 Å². The Bertz CT molecular complexity index is 520. The van der Waals surface area contributed by atoms with Gasteiger partial charge in [0.05, 0.1) is 13.0 Å². The van der Waals surface area contributed by atoms with E-state index in [-0.39, 0.29) is 41.9 Å². The Hall–Kier alpha value is -0.870. The molecule has 0 saturated heterocycles. The van der Waals surface area contributed by atoms with E-state index in [0.29, 0.717) is 12.4 Å². The number of carbonyl (C=O) groups excluding carboxylic acids is 1. The van der Waals surface area contributed by atoms with E-state index in [4.69, 9.17) is 9.47 Å². The molecule has 90 valence electrons. The van der Waals surface area contributed by atoms with Crippen molar-refractivity contribution >= 4 is 46.3 Å². The van der Waals surface area contributed by atoms with Crippen LogP contribution in [0.5, 0.6) is 5.75 Å². The van der Waals surface area contributed by atoms with Crippen molar-refractivity contribution < 1.29 is 14.3 Å². The van der Waals surface area contributed by atoms with E-state index in [1.54, 1.807) is 13.2 Å². The average molecular weight is 254 g/mol. The average Bonchev–Trinajstić information content (AvgIpc) is 2.37. The monoisotopic (exact) mass is 254 g/mol. The van der Waals surface area contributed by atoms with Crippen molar-refractivity contribution in [3.63, 3.8) is 0 Å². The summed E-state index contributed by atoms with van der Waals surface area (Å²) in [6, 6.07) is 13.5. The fourth-order valence-electron chi connectivity index (χ4n) is 1.64. The number of fused-ring (bicyclic) bond motifs is 1. The zero-order valence-electron chi connectivity index (χ0n) is 9.68. The molecule has 0 N–H and O–H groups in total. The van der Waals surface area contributed by atoms with Gasteiger partial charge in [-0.2, -0.15) is 0 Å². The van der Waals surface area contributed by atoms with Crippen LogP contribution in [0.4, 0.5) is 0 Å². The Balaban J connectivity index is 0.00000162. The van der Waals surface area contributed by atoms with Crippen molar-refractivity contribution in [1.82, 2.24) is 0 Å². The van der Waals surface area contributed by atoms with Crippen LogP contribution in [0.1, 0.15) is 6.42 Å². The van der Waals surface area contributed by atoms with Crippen molar-refractivity contribution in [3.05, 3.63) is 42.5 Å². The fourth-order valence-corrected chi connectivity index (χ4v) is 1.64. The van der Waals surface area contributed by atoms with E-state index in [1.165, 1.54) is 0 Å². The first-order valence-electron chi connectivity index (χ1n) is 5.48. The summed E-state index contributed by atoms with van der Waals surface area (Å²) in [5, 5.41) is 2.00. The van der Waals surface area contributed by atoms with Crippen LogP contribution in [0.25, 0.3) is 10.8 Å². The molecule has 0 spiro atoms. The molecule has 0 fully saturated rings. The third-order valence-corrected chi connectivity index (χ3v) is 2.48. The van der Waals surface area contributed by atoms with E-state index >= 15 is 0 Å². The fraction of sp³-hybridized carbons (Fsp3) is 0.214. The molecule has 0 radical (unpaired) electrons. The molecular formula is C14H15NaO3. The first-order valence-corrected chi connectivity index (χ1v) is 5.48. The first-order chi connectivity index (χ1) is 8.31.